The summed E-state index contributed by atoms with van der Waals surface area (Å²) in [5.41, 5.74) is 1.71. The van der Waals surface area contributed by atoms with Crippen molar-refractivity contribution >= 4 is 17.5 Å². The lowest BCUT2D eigenvalue weighted by molar-refractivity contribution is -0.125. The van der Waals surface area contributed by atoms with Gasteiger partial charge in [0.05, 0.1) is 5.56 Å². The zero-order valence-electron chi connectivity index (χ0n) is 17.4. The normalized spacial score (nSPS) is 17.5. The summed E-state index contributed by atoms with van der Waals surface area (Å²) < 4.78 is 0. The Bertz CT molecular complexity index is 636. The Kier molecular flexibility index (Phi) is 7.69. The zero-order chi connectivity index (χ0) is 20.0. The molecule has 5 nitrogen and oxygen atoms in total. The van der Waals surface area contributed by atoms with Gasteiger partial charge in [-0.2, -0.15) is 0 Å². The second kappa shape index (κ2) is 9.77. The van der Waals surface area contributed by atoms with Gasteiger partial charge >= 0.3 is 0 Å². The molecule has 0 spiro atoms. The van der Waals surface area contributed by atoms with Crippen molar-refractivity contribution in [3.8, 4) is 0 Å². The predicted molar refractivity (Wildman–Crippen MR) is 111 cm³/mol. The third-order valence-corrected chi connectivity index (χ3v) is 5.75. The van der Waals surface area contributed by atoms with Crippen LogP contribution in [0.1, 0.15) is 64.2 Å². The Morgan fingerprint density at radius 3 is 2.33 bits per heavy atom. The van der Waals surface area contributed by atoms with Crippen LogP contribution in [-0.4, -0.2) is 37.0 Å². The molecule has 0 unspecified atom stereocenters. The maximum Gasteiger partial charge on any atom is 0.253 e. The second-order valence-electron chi connectivity index (χ2n) is 8.10. The number of carbonyl (C=O) groups excluding carboxylic acids is 2. The molecule has 1 aliphatic rings. The highest BCUT2D eigenvalue weighted by Crippen LogP contribution is 2.25. The molecule has 0 aliphatic carbocycles. The molecule has 2 N–H and O–H groups in total. The van der Waals surface area contributed by atoms with E-state index in [9.17, 15) is 9.59 Å². The van der Waals surface area contributed by atoms with Crippen molar-refractivity contribution in [2.75, 3.05) is 18.0 Å². The van der Waals surface area contributed by atoms with Crippen LogP contribution < -0.4 is 15.5 Å². The Morgan fingerprint density at radius 2 is 1.74 bits per heavy atom. The molecular weight excluding hydrogens is 338 g/mol. The van der Waals surface area contributed by atoms with Crippen LogP contribution >= 0.6 is 0 Å². The van der Waals surface area contributed by atoms with Gasteiger partial charge in [-0.05, 0) is 44.2 Å². The van der Waals surface area contributed by atoms with E-state index in [0.717, 1.165) is 43.6 Å². The number of amides is 2. The van der Waals surface area contributed by atoms with E-state index in [0.29, 0.717) is 5.92 Å². The van der Waals surface area contributed by atoms with Crippen LogP contribution in [0, 0.1) is 11.8 Å². The van der Waals surface area contributed by atoms with Crippen LogP contribution in [0.15, 0.2) is 24.3 Å². The summed E-state index contributed by atoms with van der Waals surface area (Å²) >= 11 is 0. The van der Waals surface area contributed by atoms with Crippen molar-refractivity contribution in [2.24, 2.45) is 11.8 Å². The fraction of sp³-hybridized carbons (Fsp3) is 0.636. The van der Waals surface area contributed by atoms with Gasteiger partial charge in [0.25, 0.3) is 5.91 Å². The lowest BCUT2D eigenvalue weighted by Gasteiger charge is -2.35. The van der Waals surface area contributed by atoms with E-state index < -0.39 is 0 Å². The monoisotopic (exact) mass is 373 g/mol. The molecule has 1 aromatic rings. The van der Waals surface area contributed by atoms with Crippen molar-refractivity contribution in [1.29, 1.82) is 0 Å². The van der Waals surface area contributed by atoms with Crippen molar-refractivity contribution in [3.05, 3.63) is 29.8 Å². The Labute approximate surface area is 163 Å². The van der Waals surface area contributed by atoms with Gasteiger partial charge in [0, 0.05) is 36.8 Å². The van der Waals surface area contributed by atoms with Gasteiger partial charge < -0.3 is 15.5 Å². The third kappa shape index (κ3) is 5.72. The molecule has 1 saturated heterocycles. The average Bonchev–Trinajstić information content (AvgIpc) is 2.67. The van der Waals surface area contributed by atoms with Crippen molar-refractivity contribution in [1.82, 2.24) is 10.6 Å². The van der Waals surface area contributed by atoms with Crippen LogP contribution in [-0.2, 0) is 4.79 Å². The Morgan fingerprint density at radius 1 is 1.11 bits per heavy atom. The highest BCUT2D eigenvalue weighted by molar-refractivity contribution is 6.00. The first kappa shape index (κ1) is 21.3. The summed E-state index contributed by atoms with van der Waals surface area (Å²) in [7, 11) is 0. The first-order valence-corrected chi connectivity index (χ1v) is 10.3. The summed E-state index contributed by atoms with van der Waals surface area (Å²) in [4.78, 5) is 27.1. The number of nitrogens with one attached hydrogen (secondary N) is 2. The summed E-state index contributed by atoms with van der Waals surface area (Å²) in [6, 6.07) is 8.17. The molecule has 5 heteroatoms. The van der Waals surface area contributed by atoms with Crippen LogP contribution in [0.5, 0.6) is 0 Å². The molecule has 2 atom stereocenters. The fourth-order valence-corrected chi connectivity index (χ4v) is 3.19. The van der Waals surface area contributed by atoms with E-state index in [1.807, 2.05) is 45.0 Å². The molecule has 1 fully saturated rings. The van der Waals surface area contributed by atoms with Crippen molar-refractivity contribution in [3.63, 3.8) is 0 Å². The number of nitrogens with zero attached hydrogens (tertiary/aromatic N) is 1. The smallest absolute Gasteiger partial charge is 0.253 e. The molecule has 2 rings (SSSR count). The minimum Gasteiger partial charge on any atom is -0.371 e. The number of benzene rings is 1. The maximum atomic E-state index is 12.7. The van der Waals surface area contributed by atoms with Gasteiger partial charge in [0.15, 0.2) is 0 Å². The number of rotatable bonds is 7. The molecule has 0 radical (unpaired) electrons. The predicted octanol–water partition coefficient (Wildman–Crippen LogP) is 3.59. The van der Waals surface area contributed by atoms with E-state index in [2.05, 4.69) is 29.4 Å². The number of para-hydroxylation sites is 1. The van der Waals surface area contributed by atoms with Gasteiger partial charge in [-0.25, -0.2) is 0 Å². The second-order valence-corrected chi connectivity index (χ2v) is 8.10. The largest absolute Gasteiger partial charge is 0.371 e. The van der Waals surface area contributed by atoms with Crippen LogP contribution in [0.2, 0.25) is 0 Å². The van der Waals surface area contributed by atoms with E-state index in [4.69, 9.17) is 0 Å². The van der Waals surface area contributed by atoms with E-state index >= 15 is 0 Å². The molecule has 2 amide bonds. The summed E-state index contributed by atoms with van der Waals surface area (Å²) in [6.07, 6.45) is 2.67. The molecule has 0 aromatic heterocycles. The van der Waals surface area contributed by atoms with Gasteiger partial charge in [0.1, 0.15) is 0 Å². The number of piperidine rings is 1. The SMILES string of the molecule is CC[C@H](C)C(=O)NC1CCN(c2ccccc2C(=O)N[C@@H](C)C(C)C)CC1. The van der Waals surface area contributed by atoms with Gasteiger partial charge in [-0.15, -0.1) is 0 Å². The van der Waals surface area contributed by atoms with Gasteiger partial charge in [-0.1, -0.05) is 39.8 Å². The van der Waals surface area contributed by atoms with Gasteiger partial charge in [-0.3, -0.25) is 9.59 Å². The van der Waals surface area contributed by atoms with Crippen molar-refractivity contribution < 1.29 is 9.59 Å². The molecule has 1 aliphatic heterocycles. The summed E-state index contributed by atoms with van der Waals surface area (Å²) in [5.74, 6) is 0.596. The Hall–Kier alpha value is -2.04. The minimum absolute atomic E-state index is 0.0148. The Balaban J connectivity index is 2.00. The van der Waals surface area contributed by atoms with Gasteiger partial charge in [0.2, 0.25) is 5.91 Å². The van der Waals surface area contributed by atoms with Crippen molar-refractivity contribution in [2.45, 2.75) is 66.0 Å². The van der Waals surface area contributed by atoms with Crippen LogP contribution in [0.4, 0.5) is 5.69 Å². The van der Waals surface area contributed by atoms with E-state index in [-0.39, 0.29) is 29.8 Å². The molecule has 0 saturated carbocycles. The molecule has 27 heavy (non-hydrogen) atoms. The first-order chi connectivity index (χ1) is 12.8. The van der Waals surface area contributed by atoms with E-state index in [1.165, 1.54) is 0 Å². The fourth-order valence-electron chi connectivity index (χ4n) is 3.19. The molecular formula is C22H35N3O2. The average molecular weight is 374 g/mol. The minimum atomic E-state index is -0.0148. The number of carbonyl (C=O) groups is 2. The molecule has 0 bridgehead atoms. The number of hydrogen-bond acceptors (Lipinski definition) is 3. The van der Waals surface area contributed by atoms with E-state index in [1.54, 1.807) is 0 Å². The topological polar surface area (TPSA) is 61.4 Å². The lowest BCUT2D eigenvalue weighted by Crippen LogP contribution is -2.46. The summed E-state index contributed by atoms with van der Waals surface area (Å²) in [5, 5.41) is 6.28. The highest BCUT2D eigenvalue weighted by atomic mass is 16.2. The summed E-state index contributed by atoms with van der Waals surface area (Å²) in [6.45, 7) is 11.9. The maximum absolute atomic E-state index is 12.7. The lowest BCUT2D eigenvalue weighted by atomic mass is 10.0. The first-order valence-electron chi connectivity index (χ1n) is 10.3. The zero-order valence-corrected chi connectivity index (χ0v) is 17.4. The van der Waals surface area contributed by atoms with Crippen LogP contribution in [0.25, 0.3) is 0 Å². The number of anilines is 1. The quantitative estimate of drug-likeness (QED) is 0.768. The number of hydrogen-bond donors (Lipinski definition) is 2. The molecule has 1 heterocycles. The standard InChI is InChI=1S/C22H35N3O2/c1-6-16(4)21(26)24-18-11-13-25(14-12-18)20-10-8-7-9-19(20)22(27)23-17(5)15(2)3/h7-10,15-18H,6,11-14H2,1-5H3,(H,23,27)(H,24,26)/t16-,17-/m0/s1. The van der Waals surface area contributed by atoms with Crippen LogP contribution in [0.3, 0.4) is 0 Å². The molecule has 1 aromatic carbocycles. The highest BCUT2D eigenvalue weighted by Gasteiger charge is 2.25. The third-order valence-electron chi connectivity index (χ3n) is 5.75. The molecule has 150 valence electrons.